The molecule has 7 nitrogen and oxygen atoms in total. The SMILES string of the molecule is CC(C)(C)C(=O)Nc1ccc(-c2nnc(NCCCN3CCCCC3)o2)cc1. The van der Waals surface area contributed by atoms with E-state index in [4.69, 9.17) is 4.42 Å². The van der Waals surface area contributed by atoms with Crippen molar-refractivity contribution in [2.45, 2.75) is 46.5 Å². The van der Waals surface area contributed by atoms with Crippen LogP contribution in [0.5, 0.6) is 0 Å². The summed E-state index contributed by atoms with van der Waals surface area (Å²) in [5.41, 5.74) is 1.14. The van der Waals surface area contributed by atoms with E-state index in [1.165, 1.54) is 32.4 Å². The Labute approximate surface area is 166 Å². The molecule has 0 bridgehead atoms. The Kier molecular flexibility index (Phi) is 6.67. The third-order valence-electron chi connectivity index (χ3n) is 4.87. The number of aromatic nitrogens is 2. The van der Waals surface area contributed by atoms with Crippen LogP contribution in [0.3, 0.4) is 0 Å². The number of nitrogens with zero attached hydrogens (tertiary/aromatic N) is 3. The lowest BCUT2D eigenvalue weighted by molar-refractivity contribution is -0.123. The van der Waals surface area contributed by atoms with Gasteiger partial charge in [0.1, 0.15) is 0 Å². The van der Waals surface area contributed by atoms with Gasteiger partial charge < -0.3 is 20.0 Å². The maximum absolute atomic E-state index is 12.1. The van der Waals surface area contributed by atoms with E-state index in [1.54, 1.807) is 0 Å². The molecule has 1 aromatic carbocycles. The van der Waals surface area contributed by atoms with Crippen molar-refractivity contribution in [3.8, 4) is 11.5 Å². The lowest BCUT2D eigenvalue weighted by atomic mass is 9.95. The third-order valence-corrected chi connectivity index (χ3v) is 4.87. The lowest BCUT2D eigenvalue weighted by Crippen LogP contribution is -2.31. The van der Waals surface area contributed by atoms with Crippen LogP contribution in [0.15, 0.2) is 28.7 Å². The maximum atomic E-state index is 12.1. The molecule has 1 aliphatic heterocycles. The minimum atomic E-state index is -0.431. The van der Waals surface area contributed by atoms with Crippen LogP contribution in [0.4, 0.5) is 11.7 Å². The molecule has 152 valence electrons. The first kappa shape index (κ1) is 20.3. The summed E-state index contributed by atoms with van der Waals surface area (Å²) >= 11 is 0. The van der Waals surface area contributed by atoms with Crippen LogP contribution < -0.4 is 10.6 Å². The van der Waals surface area contributed by atoms with Crippen molar-refractivity contribution in [2.75, 3.05) is 36.8 Å². The van der Waals surface area contributed by atoms with E-state index in [0.29, 0.717) is 11.9 Å². The second-order valence-corrected chi connectivity index (χ2v) is 8.38. The molecule has 1 amide bonds. The topological polar surface area (TPSA) is 83.3 Å². The molecule has 3 rings (SSSR count). The summed E-state index contributed by atoms with van der Waals surface area (Å²) in [5.74, 6) is 0.446. The minimum absolute atomic E-state index is 0.0194. The molecule has 1 aromatic heterocycles. The predicted octanol–water partition coefficient (Wildman–Crippen LogP) is 4.01. The van der Waals surface area contributed by atoms with Crippen LogP contribution >= 0.6 is 0 Å². The molecule has 0 saturated carbocycles. The van der Waals surface area contributed by atoms with Gasteiger partial charge >= 0.3 is 6.01 Å². The number of piperidine rings is 1. The molecular weight excluding hydrogens is 354 g/mol. The molecule has 0 aliphatic carbocycles. The van der Waals surface area contributed by atoms with Crippen LogP contribution in [-0.4, -0.2) is 47.2 Å². The van der Waals surface area contributed by atoms with Crippen molar-refractivity contribution in [2.24, 2.45) is 5.41 Å². The first-order valence-electron chi connectivity index (χ1n) is 10.1. The first-order valence-corrected chi connectivity index (χ1v) is 10.1. The molecule has 1 fully saturated rings. The monoisotopic (exact) mass is 385 g/mol. The molecule has 28 heavy (non-hydrogen) atoms. The average molecular weight is 386 g/mol. The van der Waals surface area contributed by atoms with Crippen molar-refractivity contribution in [1.29, 1.82) is 0 Å². The number of hydrogen-bond donors (Lipinski definition) is 2. The highest BCUT2D eigenvalue weighted by atomic mass is 16.4. The largest absolute Gasteiger partial charge is 0.403 e. The van der Waals surface area contributed by atoms with E-state index in [9.17, 15) is 4.79 Å². The molecule has 0 radical (unpaired) electrons. The maximum Gasteiger partial charge on any atom is 0.315 e. The zero-order valence-corrected chi connectivity index (χ0v) is 17.1. The Morgan fingerprint density at radius 2 is 1.82 bits per heavy atom. The van der Waals surface area contributed by atoms with Crippen molar-refractivity contribution >= 4 is 17.6 Å². The number of nitrogens with one attached hydrogen (secondary N) is 2. The van der Waals surface area contributed by atoms with E-state index in [0.717, 1.165) is 30.8 Å². The Morgan fingerprint density at radius 3 is 2.50 bits per heavy atom. The van der Waals surface area contributed by atoms with Crippen molar-refractivity contribution in [3.63, 3.8) is 0 Å². The summed E-state index contributed by atoms with van der Waals surface area (Å²) in [7, 11) is 0. The second-order valence-electron chi connectivity index (χ2n) is 8.38. The highest BCUT2D eigenvalue weighted by Gasteiger charge is 2.21. The molecule has 0 atom stereocenters. The van der Waals surface area contributed by atoms with E-state index >= 15 is 0 Å². The summed E-state index contributed by atoms with van der Waals surface area (Å²) in [6.45, 7) is 10.0. The van der Waals surface area contributed by atoms with E-state index in [1.807, 2.05) is 45.0 Å². The summed E-state index contributed by atoms with van der Waals surface area (Å²) < 4.78 is 5.70. The number of carbonyl (C=O) groups is 1. The normalized spacial score (nSPS) is 15.4. The van der Waals surface area contributed by atoms with Crippen molar-refractivity contribution < 1.29 is 9.21 Å². The minimum Gasteiger partial charge on any atom is -0.403 e. The molecule has 1 saturated heterocycles. The molecule has 2 heterocycles. The number of benzene rings is 1. The number of rotatable bonds is 7. The zero-order valence-electron chi connectivity index (χ0n) is 17.1. The summed E-state index contributed by atoms with van der Waals surface area (Å²) in [6, 6.07) is 7.86. The van der Waals surface area contributed by atoms with Gasteiger partial charge in [-0.25, -0.2) is 0 Å². The van der Waals surface area contributed by atoms with Crippen molar-refractivity contribution in [3.05, 3.63) is 24.3 Å². The highest BCUT2D eigenvalue weighted by molar-refractivity contribution is 5.94. The van der Waals surface area contributed by atoms with Gasteiger partial charge in [0.05, 0.1) is 0 Å². The Bertz CT molecular complexity index is 758. The van der Waals surface area contributed by atoms with Gasteiger partial charge in [-0.2, -0.15) is 0 Å². The zero-order chi connectivity index (χ0) is 20.0. The Morgan fingerprint density at radius 1 is 1.11 bits per heavy atom. The summed E-state index contributed by atoms with van der Waals surface area (Å²) in [4.78, 5) is 14.6. The number of anilines is 2. The van der Waals surface area contributed by atoms with Gasteiger partial charge in [-0.15, -0.1) is 5.10 Å². The number of likely N-dealkylation sites (tertiary alicyclic amines) is 1. The van der Waals surface area contributed by atoms with Crippen LogP contribution in [0.25, 0.3) is 11.5 Å². The smallest absolute Gasteiger partial charge is 0.315 e. The fourth-order valence-corrected chi connectivity index (χ4v) is 3.11. The lowest BCUT2D eigenvalue weighted by Gasteiger charge is -2.26. The third kappa shape index (κ3) is 5.79. The molecular formula is C21H31N5O2. The number of amides is 1. The summed E-state index contributed by atoms with van der Waals surface area (Å²) in [5, 5.41) is 14.3. The van der Waals surface area contributed by atoms with Gasteiger partial charge in [-0.3, -0.25) is 4.79 Å². The van der Waals surface area contributed by atoms with Gasteiger partial charge in [-0.1, -0.05) is 32.3 Å². The van der Waals surface area contributed by atoms with Crippen LogP contribution in [0.2, 0.25) is 0 Å². The van der Waals surface area contributed by atoms with Gasteiger partial charge in [0.25, 0.3) is 0 Å². The predicted molar refractivity (Wildman–Crippen MR) is 111 cm³/mol. The molecule has 2 aromatic rings. The van der Waals surface area contributed by atoms with Crippen molar-refractivity contribution in [1.82, 2.24) is 15.1 Å². The van der Waals surface area contributed by atoms with Gasteiger partial charge in [0, 0.05) is 23.2 Å². The Hall–Kier alpha value is -2.41. The van der Waals surface area contributed by atoms with E-state index in [2.05, 4.69) is 25.7 Å². The fourth-order valence-electron chi connectivity index (χ4n) is 3.11. The highest BCUT2D eigenvalue weighted by Crippen LogP contribution is 2.23. The molecule has 2 N–H and O–H groups in total. The van der Waals surface area contributed by atoms with Gasteiger partial charge in [0.2, 0.25) is 11.8 Å². The second kappa shape index (κ2) is 9.19. The van der Waals surface area contributed by atoms with Gasteiger partial charge in [0.15, 0.2) is 0 Å². The van der Waals surface area contributed by atoms with Crippen LogP contribution in [-0.2, 0) is 4.79 Å². The van der Waals surface area contributed by atoms with Crippen LogP contribution in [0.1, 0.15) is 46.5 Å². The quantitative estimate of drug-likeness (QED) is 0.701. The van der Waals surface area contributed by atoms with E-state index < -0.39 is 5.41 Å². The first-order chi connectivity index (χ1) is 13.4. The molecule has 0 unspecified atom stereocenters. The Balaban J connectivity index is 1.47. The number of hydrogen-bond acceptors (Lipinski definition) is 6. The number of carbonyl (C=O) groups excluding carboxylic acids is 1. The van der Waals surface area contributed by atoms with Gasteiger partial charge in [-0.05, 0) is 63.2 Å². The standard InChI is InChI=1S/C21H31N5O2/c1-21(2,3)19(27)23-17-10-8-16(9-11-17)18-24-25-20(28-18)22-12-7-15-26-13-5-4-6-14-26/h8-11H,4-7,12-15H2,1-3H3,(H,22,25)(H,23,27). The molecule has 7 heteroatoms. The molecule has 1 aliphatic rings. The molecule has 0 spiro atoms. The average Bonchev–Trinajstić information content (AvgIpc) is 3.15. The fraction of sp³-hybridized carbons (Fsp3) is 0.571. The summed E-state index contributed by atoms with van der Waals surface area (Å²) in [6.07, 6.45) is 5.06. The van der Waals surface area contributed by atoms with E-state index in [-0.39, 0.29) is 5.91 Å². The van der Waals surface area contributed by atoms with Crippen LogP contribution in [0, 0.1) is 5.41 Å².